The molecule has 1 aliphatic carbocycles. The summed E-state index contributed by atoms with van der Waals surface area (Å²) in [6.07, 6.45) is 2.09. The summed E-state index contributed by atoms with van der Waals surface area (Å²) in [7, 11) is 0. The van der Waals surface area contributed by atoms with Crippen molar-refractivity contribution in [3.05, 3.63) is 12.2 Å². The molecule has 0 radical (unpaired) electrons. The lowest BCUT2D eigenvalue weighted by molar-refractivity contribution is -0.277. The first-order chi connectivity index (χ1) is 5.95. The molecule has 0 aliphatic heterocycles. The molecular formula is C10H18O3. The van der Waals surface area contributed by atoms with E-state index in [4.69, 9.17) is 5.26 Å². The summed E-state index contributed by atoms with van der Waals surface area (Å²) in [6, 6.07) is 0. The van der Waals surface area contributed by atoms with Gasteiger partial charge in [0.2, 0.25) is 0 Å². The molecule has 2 atom stereocenters. The topological polar surface area (TPSA) is 49.7 Å². The van der Waals surface area contributed by atoms with Gasteiger partial charge in [-0.15, -0.1) is 0 Å². The summed E-state index contributed by atoms with van der Waals surface area (Å²) < 4.78 is 0. The maximum atomic E-state index is 9.78. The molecule has 1 rings (SSSR count). The zero-order valence-electron chi connectivity index (χ0n) is 8.29. The molecule has 3 heteroatoms. The van der Waals surface area contributed by atoms with E-state index < -0.39 is 5.60 Å². The summed E-state index contributed by atoms with van der Waals surface area (Å²) in [5.41, 5.74) is 0.223. The van der Waals surface area contributed by atoms with E-state index in [1.165, 1.54) is 0 Å². The van der Waals surface area contributed by atoms with Crippen molar-refractivity contribution in [2.24, 2.45) is 5.92 Å². The van der Waals surface area contributed by atoms with Gasteiger partial charge < -0.3 is 5.11 Å². The lowest BCUT2D eigenvalue weighted by atomic mass is 9.76. The standard InChI is InChI=1S/C10H18O3/c1-7-4-5-8(10(2,3)11)6-9(7)13-12/h8-9,11-12H,1,4-6H2,2-3H3. The van der Waals surface area contributed by atoms with E-state index in [1.807, 2.05) is 0 Å². The van der Waals surface area contributed by atoms with Crippen LogP contribution in [-0.2, 0) is 4.89 Å². The molecule has 1 fully saturated rings. The molecule has 3 nitrogen and oxygen atoms in total. The van der Waals surface area contributed by atoms with Crippen LogP contribution in [-0.4, -0.2) is 22.1 Å². The second-order valence-corrected chi connectivity index (χ2v) is 4.38. The van der Waals surface area contributed by atoms with Crippen molar-refractivity contribution in [1.29, 1.82) is 0 Å². The molecule has 0 spiro atoms. The monoisotopic (exact) mass is 186 g/mol. The maximum absolute atomic E-state index is 9.78. The van der Waals surface area contributed by atoms with E-state index in [2.05, 4.69) is 11.5 Å². The van der Waals surface area contributed by atoms with Crippen LogP contribution in [0.3, 0.4) is 0 Å². The van der Waals surface area contributed by atoms with Crippen LogP contribution in [0.4, 0.5) is 0 Å². The molecule has 76 valence electrons. The summed E-state index contributed by atoms with van der Waals surface area (Å²) in [6.45, 7) is 7.40. The Morgan fingerprint density at radius 2 is 2.15 bits per heavy atom. The highest BCUT2D eigenvalue weighted by molar-refractivity contribution is 5.07. The summed E-state index contributed by atoms with van der Waals surface area (Å²) >= 11 is 0. The average Bonchev–Trinajstić information content (AvgIpc) is 2.03. The summed E-state index contributed by atoms with van der Waals surface area (Å²) in [5.74, 6) is 0.176. The van der Waals surface area contributed by atoms with Crippen LogP contribution in [0.5, 0.6) is 0 Å². The molecule has 2 N–H and O–H groups in total. The second kappa shape index (κ2) is 3.78. The number of hydrogen-bond donors (Lipinski definition) is 2. The Hall–Kier alpha value is -0.380. The molecule has 0 aromatic rings. The van der Waals surface area contributed by atoms with Crippen molar-refractivity contribution in [2.45, 2.75) is 44.8 Å². The zero-order chi connectivity index (χ0) is 10.1. The highest BCUT2D eigenvalue weighted by atomic mass is 17.1. The molecule has 0 amide bonds. The first kappa shape index (κ1) is 10.7. The predicted octanol–water partition coefficient (Wildman–Crippen LogP) is 1.97. The Bertz CT molecular complexity index is 193. The van der Waals surface area contributed by atoms with Crippen LogP contribution in [0.2, 0.25) is 0 Å². The first-order valence-corrected chi connectivity index (χ1v) is 4.65. The third-order valence-electron chi connectivity index (χ3n) is 2.89. The van der Waals surface area contributed by atoms with Gasteiger partial charge in [-0.05, 0) is 44.6 Å². The molecular weight excluding hydrogens is 168 g/mol. The van der Waals surface area contributed by atoms with Crippen molar-refractivity contribution >= 4 is 0 Å². The molecule has 0 bridgehead atoms. The Kier molecular flexibility index (Phi) is 3.11. The van der Waals surface area contributed by atoms with Crippen molar-refractivity contribution < 1.29 is 15.3 Å². The zero-order valence-corrected chi connectivity index (χ0v) is 8.29. The highest BCUT2D eigenvalue weighted by Crippen LogP contribution is 2.35. The number of hydrogen-bond acceptors (Lipinski definition) is 3. The Balaban J connectivity index is 2.60. The van der Waals surface area contributed by atoms with Gasteiger partial charge >= 0.3 is 0 Å². The van der Waals surface area contributed by atoms with Gasteiger partial charge in [-0.3, -0.25) is 5.26 Å². The van der Waals surface area contributed by atoms with Crippen molar-refractivity contribution in [3.63, 3.8) is 0 Å². The van der Waals surface area contributed by atoms with Gasteiger partial charge in [-0.1, -0.05) is 6.58 Å². The second-order valence-electron chi connectivity index (χ2n) is 4.38. The molecule has 2 unspecified atom stereocenters. The van der Waals surface area contributed by atoms with Crippen LogP contribution < -0.4 is 0 Å². The maximum Gasteiger partial charge on any atom is 0.114 e. The van der Waals surface area contributed by atoms with E-state index >= 15 is 0 Å². The van der Waals surface area contributed by atoms with Crippen molar-refractivity contribution in [3.8, 4) is 0 Å². The molecule has 13 heavy (non-hydrogen) atoms. The minimum absolute atomic E-state index is 0.176. The Morgan fingerprint density at radius 3 is 2.62 bits per heavy atom. The smallest absolute Gasteiger partial charge is 0.114 e. The number of rotatable bonds is 2. The van der Waals surface area contributed by atoms with E-state index in [0.717, 1.165) is 18.4 Å². The SMILES string of the molecule is C=C1CCC(C(C)(C)O)CC1OO. The molecule has 0 aromatic heterocycles. The van der Waals surface area contributed by atoms with Gasteiger partial charge in [-0.25, -0.2) is 4.89 Å². The van der Waals surface area contributed by atoms with E-state index in [1.54, 1.807) is 13.8 Å². The van der Waals surface area contributed by atoms with Gasteiger partial charge in [0.25, 0.3) is 0 Å². The van der Waals surface area contributed by atoms with E-state index in [-0.39, 0.29) is 12.0 Å². The van der Waals surface area contributed by atoms with Crippen molar-refractivity contribution in [1.82, 2.24) is 0 Å². The average molecular weight is 186 g/mol. The van der Waals surface area contributed by atoms with Gasteiger partial charge in [0.1, 0.15) is 6.10 Å². The van der Waals surface area contributed by atoms with E-state index in [0.29, 0.717) is 6.42 Å². The fraction of sp³-hybridized carbons (Fsp3) is 0.800. The predicted molar refractivity (Wildman–Crippen MR) is 50.3 cm³/mol. The lowest BCUT2D eigenvalue weighted by Gasteiger charge is -2.36. The van der Waals surface area contributed by atoms with Crippen LogP contribution in [0, 0.1) is 5.92 Å². The summed E-state index contributed by atoms with van der Waals surface area (Å²) in [5, 5.41) is 18.4. The third kappa shape index (κ3) is 2.53. The van der Waals surface area contributed by atoms with Gasteiger partial charge in [0, 0.05) is 0 Å². The van der Waals surface area contributed by atoms with Crippen LogP contribution in [0.25, 0.3) is 0 Å². The van der Waals surface area contributed by atoms with Gasteiger partial charge in [-0.2, -0.15) is 0 Å². The number of aliphatic hydroxyl groups is 1. The first-order valence-electron chi connectivity index (χ1n) is 4.65. The van der Waals surface area contributed by atoms with Gasteiger partial charge in [0.15, 0.2) is 0 Å². The minimum Gasteiger partial charge on any atom is -0.390 e. The van der Waals surface area contributed by atoms with Crippen LogP contribution in [0.15, 0.2) is 12.2 Å². The fourth-order valence-corrected chi connectivity index (χ4v) is 1.82. The Labute approximate surface area is 79.0 Å². The molecule has 1 aliphatic rings. The Morgan fingerprint density at radius 1 is 1.54 bits per heavy atom. The van der Waals surface area contributed by atoms with Crippen LogP contribution in [0.1, 0.15) is 33.1 Å². The lowest BCUT2D eigenvalue weighted by Crippen LogP contribution is -2.37. The quantitative estimate of drug-likeness (QED) is 0.394. The highest BCUT2D eigenvalue weighted by Gasteiger charge is 2.34. The molecule has 0 aromatic carbocycles. The van der Waals surface area contributed by atoms with Crippen molar-refractivity contribution in [2.75, 3.05) is 0 Å². The van der Waals surface area contributed by atoms with E-state index in [9.17, 15) is 5.11 Å². The molecule has 0 heterocycles. The van der Waals surface area contributed by atoms with Gasteiger partial charge in [0.05, 0.1) is 5.60 Å². The normalized spacial score (nSPS) is 30.6. The molecule has 1 saturated carbocycles. The third-order valence-corrected chi connectivity index (χ3v) is 2.89. The summed E-state index contributed by atoms with van der Waals surface area (Å²) in [4.78, 5) is 4.32. The molecule has 0 saturated heterocycles. The largest absolute Gasteiger partial charge is 0.390 e. The fourth-order valence-electron chi connectivity index (χ4n) is 1.82. The van der Waals surface area contributed by atoms with Crippen LogP contribution >= 0.6 is 0 Å². The minimum atomic E-state index is -0.697.